The van der Waals surface area contributed by atoms with Crippen LogP contribution >= 0.6 is 0 Å². The summed E-state index contributed by atoms with van der Waals surface area (Å²) in [4.78, 5) is 14.6. The molecule has 4 rings (SSSR count). The minimum absolute atomic E-state index is 0.130. The van der Waals surface area contributed by atoms with E-state index in [-0.39, 0.29) is 24.8 Å². The molecule has 2 aromatic carbocycles. The Balaban J connectivity index is 1.56. The first kappa shape index (κ1) is 19.0. The Kier molecular flexibility index (Phi) is 5.50. The number of carbonyl (C=O) groups excluding carboxylic acids is 1. The number of morpholine rings is 1. The van der Waals surface area contributed by atoms with E-state index < -0.39 is 0 Å². The number of rotatable bonds is 4. The van der Waals surface area contributed by atoms with Crippen molar-refractivity contribution in [3.8, 4) is 11.8 Å². The first-order valence-electron chi connectivity index (χ1n) is 9.55. The van der Waals surface area contributed by atoms with Gasteiger partial charge >= 0.3 is 6.09 Å². The monoisotopic (exact) mass is 390 g/mol. The second-order valence-electron chi connectivity index (χ2n) is 7.13. The number of amides is 1. The first-order valence-corrected chi connectivity index (χ1v) is 9.55. The molecule has 0 saturated carbocycles. The lowest BCUT2D eigenvalue weighted by Gasteiger charge is -2.43. The predicted octanol–water partition coefficient (Wildman–Crippen LogP) is 3.76. The third-order valence-electron chi connectivity index (χ3n) is 5.31. The van der Waals surface area contributed by atoms with Crippen molar-refractivity contribution >= 4 is 11.7 Å². The average Bonchev–Trinajstić information content (AvgIpc) is 2.76. The highest BCUT2D eigenvalue weighted by Crippen LogP contribution is 2.35. The second-order valence-corrected chi connectivity index (χ2v) is 7.13. The Hall–Kier alpha value is -3.30. The number of nitrogens with zero attached hydrogens (tertiary/aromatic N) is 2. The highest BCUT2D eigenvalue weighted by Gasteiger charge is 2.39. The minimum atomic E-state index is -0.339. The van der Waals surface area contributed by atoms with Gasteiger partial charge in [-0.15, -0.1) is 0 Å². The Labute approximate surface area is 169 Å². The molecule has 29 heavy (non-hydrogen) atoms. The van der Waals surface area contributed by atoms with Crippen LogP contribution in [0.15, 0.2) is 54.6 Å². The number of nitriles is 1. The van der Waals surface area contributed by atoms with Gasteiger partial charge in [0.05, 0.1) is 44.0 Å². The lowest BCUT2D eigenvalue weighted by atomic mass is 9.88. The molecule has 6 nitrogen and oxygen atoms in total. The SMILES string of the molecule is COc1ccc(C#N)c(C2=CC3COCC(C2)N3C(=O)OCc2ccccc2)c1. The van der Waals surface area contributed by atoms with Crippen LogP contribution in [-0.2, 0) is 16.1 Å². The number of ether oxygens (including phenoxy) is 3. The van der Waals surface area contributed by atoms with E-state index in [1.807, 2.05) is 42.5 Å². The van der Waals surface area contributed by atoms with Crippen molar-refractivity contribution in [2.45, 2.75) is 25.1 Å². The summed E-state index contributed by atoms with van der Waals surface area (Å²) in [6.07, 6.45) is 2.27. The molecule has 0 spiro atoms. The maximum Gasteiger partial charge on any atom is 0.411 e. The van der Waals surface area contributed by atoms with Gasteiger partial charge in [-0.3, -0.25) is 4.90 Å². The van der Waals surface area contributed by atoms with Gasteiger partial charge in [-0.25, -0.2) is 4.79 Å². The van der Waals surface area contributed by atoms with E-state index in [2.05, 4.69) is 6.07 Å². The number of hydrogen-bond donors (Lipinski definition) is 0. The zero-order valence-electron chi connectivity index (χ0n) is 16.2. The normalized spacial score (nSPS) is 20.4. The second kappa shape index (κ2) is 8.38. The molecule has 1 amide bonds. The van der Waals surface area contributed by atoms with Gasteiger partial charge in [0.2, 0.25) is 0 Å². The summed E-state index contributed by atoms with van der Waals surface area (Å²) in [5.41, 5.74) is 3.42. The van der Waals surface area contributed by atoms with Crippen LogP contribution < -0.4 is 4.74 Å². The van der Waals surface area contributed by atoms with E-state index in [9.17, 15) is 10.1 Å². The van der Waals surface area contributed by atoms with E-state index in [1.54, 1.807) is 24.1 Å². The summed E-state index contributed by atoms with van der Waals surface area (Å²) < 4.78 is 16.6. The van der Waals surface area contributed by atoms with Crippen LogP contribution in [0.3, 0.4) is 0 Å². The summed E-state index contributed by atoms with van der Waals surface area (Å²) in [6.45, 7) is 1.09. The van der Waals surface area contributed by atoms with Crippen molar-refractivity contribution in [2.24, 2.45) is 0 Å². The first-order chi connectivity index (χ1) is 14.2. The number of methoxy groups -OCH3 is 1. The zero-order chi connectivity index (χ0) is 20.2. The Morgan fingerprint density at radius 3 is 2.79 bits per heavy atom. The average molecular weight is 390 g/mol. The van der Waals surface area contributed by atoms with E-state index in [4.69, 9.17) is 14.2 Å². The van der Waals surface area contributed by atoms with Gasteiger partial charge in [-0.1, -0.05) is 36.4 Å². The summed E-state index contributed by atoms with van der Waals surface area (Å²) in [6, 6.07) is 16.9. The van der Waals surface area contributed by atoms with E-state index in [0.717, 1.165) is 16.7 Å². The lowest BCUT2D eigenvalue weighted by molar-refractivity contribution is -0.0342. The van der Waals surface area contributed by atoms with Gasteiger partial charge < -0.3 is 14.2 Å². The Morgan fingerprint density at radius 2 is 2.07 bits per heavy atom. The van der Waals surface area contributed by atoms with Crippen LogP contribution in [0, 0.1) is 11.3 Å². The molecular weight excluding hydrogens is 368 g/mol. The van der Waals surface area contributed by atoms with Crippen molar-refractivity contribution in [2.75, 3.05) is 20.3 Å². The molecule has 0 radical (unpaired) electrons. The van der Waals surface area contributed by atoms with Gasteiger partial charge in [-0.2, -0.15) is 5.26 Å². The predicted molar refractivity (Wildman–Crippen MR) is 107 cm³/mol. The summed E-state index contributed by atoms with van der Waals surface area (Å²) in [7, 11) is 1.60. The van der Waals surface area contributed by atoms with E-state index in [0.29, 0.717) is 30.9 Å². The largest absolute Gasteiger partial charge is 0.497 e. The highest BCUT2D eigenvalue weighted by atomic mass is 16.6. The van der Waals surface area contributed by atoms with Crippen molar-refractivity contribution in [3.63, 3.8) is 0 Å². The molecule has 1 fully saturated rings. The smallest absolute Gasteiger partial charge is 0.411 e. The Bertz CT molecular complexity index is 965. The molecule has 2 aromatic rings. The fourth-order valence-corrected chi connectivity index (χ4v) is 3.89. The van der Waals surface area contributed by atoms with Crippen LogP contribution in [0.2, 0.25) is 0 Å². The Morgan fingerprint density at radius 1 is 1.24 bits per heavy atom. The van der Waals surface area contributed by atoms with Gasteiger partial charge in [0.15, 0.2) is 0 Å². The fraction of sp³-hybridized carbons (Fsp3) is 0.304. The molecule has 2 heterocycles. The van der Waals surface area contributed by atoms with Crippen molar-refractivity contribution in [1.29, 1.82) is 5.26 Å². The molecule has 0 aliphatic carbocycles. The summed E-state index contributed by atoms with van der Waals surface area (Å²) in [5.74, 6) is 0.700. The number of hydrogen-bond acceptors (Lipinski definition) is 5. The number of benzene rings is 2. The standard InChI is InChI=1S/C23H22N2O4/c1-27-21-8-7-17(12-24)22(11-21)18-9-19-14-28-15-20(10-18)25(19)23(26)29-13-16-5-3-2-4-6-16/h2-9,11,19-20H,10,13-15H2,1H3. The highest BCUT2D eigenvalue weighted by molar-refractivity contribution is 5.77. The molecule has 0 aromatic heterocycles. The third kappa shape index (κ3) is 3.96. The fourth-order valence-electron chi connectivity index (χ4n) is 3.89. The maximum atomic E-state index is 12.8. The maximum absolute atomic E-state index is 12.8. The molecule has 148 valence electrons. The molecule has 6 heteroatoms. The quantitative estimate of drug-likeness (QED) is 0.795. The topological polar surface area (TPSA) is 71.8 Å². The van der Waals surface area contributed by atoms with Gasteiger partial charge in [-0.05, 0) is 41.3 Å². The molecule has 0 N–H and O–H groups in total. The lowest BCUT2D eigenvalue weighted by Crippen LogP contribution is -2.56. The van der Waals surface area contributed by atoms with Crippen molar-refractivity contribution in [1.82, 2.24) is 4.90 Å². The van der Waals surface area contributed by atoms with Gasteiger partial charge in [0.1, 0.15) is 12.4 Å². The molecule has 2 unspecified atom stereocenters. The third-order valence-corrected chi connectivity index (χ3v) is 5.31. The van der Waals surface area contributed by atoms with Crippen molar-refractivity contribution in [3.05, 3.63) is 71.3 Å². The van der Waals surface area contributed by atoms with Crippen LogP contribution in [-0.4, -0.2) is 43.4 Å². The molecule has 2 bridgehead atoms. The van der Waals surface area contributed by atoms with Gasteiger partial charge in [0, 0.05) is 0 Å². The van der Waals surface area contributed by atoms with E-state index >= 15 is 0 Å². The number of carbonyl (C=O) groups is 1. The molecule has 2 aliphatic heterocycles. The van der Waals surface area contributed by atoms with E-state index in [1.165, 1.54) is 0 Å². The van der Waals surface area contributed by atoms with Crippen LogP contribution in [0.1, 0.15) is 23.1 Å². The molecule has 2 atom stereocenters. The van der Waals surface area contributed by atoms with Crippen LogP contribution in [0.25, 0.3) is 5.57 Å². The van der Waals surface area contributed by atoms with Gasteiger partial charge in [0.25, 0.3) is 0 Å². The summed E-state index contributed by atoms with van der Waals surface area (Å²) >= 11 is 0. The summed E-state index contributed by atoms with van der Waals surface area (Å²) in [5, 5.41) is 9.51. The number of fused-ring (bicyclic) bond motifs is 2. The molecule has 2 aliphatic rings. The molecule has 1 saturated heterocycles. The molecular formula is C23H22N2O4. The minimum Gasteiger partial charge on any atom is -0.497 e. The zero-order valence-corrected chi connectivity index (χ0v) is 16.2. The van der Waals surface area contributed by atoms with Crippen molar-refractivity contribution < 1.29 is 19.0 Å². The van der Waals surface area contributed by atoms with Crippen LogP contribution in [0.4, 0.5) is 4.79 Å². The van der Waals surface area contributed by atoms with Crippen LogP contribution in [0.5, 0.6) is 5.75 Å².